The number of benzene rings is 1. The molecule has 0 saturated carbocycles. The van der Waals surface area contributed by atoms with Gasteiger partial charge >= 0.3 is 0 Å². The Morgan fingerprint density at radius 2 is 2.12 bits per heavy atom. The maximum Gasteiger partial charge on any atom is 0.140 e. The minimum atomic E-state index is -0.205. The molecule has 0 amide bonds. The zero-order chi connectivity index (χ0) is 12.3. The van der Waals surface area contributed by atoms with Gasteiger partial charge in [-0.3, -0.25) is 0 Å². The lowest BCUT2D eigenvalue weighted by molar-refractivity contribution is 0.613. The topological polar surface area (TPSA) is 24.9 Å². The first-order valence-electron chi connectivity index (χ1n) is 5.26. The van der Waals surface area contributed by atoms with E-state index in [1.54, 1.807) is 18.3 Å². The molecule has 1 aromatic carbocycles. The van der Waals surface area contributed by atoms with Crippen LogP contribution in [0.25, 0.3) is 0 Å². The monoisotopic (exact) mass is 294 g/mol. The molecule has 4 heteroatoms. The molecule has 1 aromatic heterocycles. The number of anilines is 1. The Kier molecular flexibility index (Phi) is 3.74. The van der Waals surface area contributed by atoms with E-state index in [2.05, 4.69) is 26.2 Å². The molecule has 0 spiro atoms. The van der Waals surface area contributed by atoms with Crippen LogP contribution in [0.15, 0.2) is 41.0 Å². The second kappa shape index (κ2) is 5.27. The predicted molar refractivity (Wildman–Crippen MR) is 70.4 cm³/mol. The molecule has 0 aliphatic heterocycles. The average molecular weight is 295 g/mol. The van der Waals surface area contributed by atoms with Crippen LogP contribution in [-0.2, 0) is 6.54 Å². The number of halogens is 2. The van der Waals surface area contributed by atoms with E-state index in [1.807, 2.05) is 19.1 Å². The van der Waals surface area contributed by atoms with E-state index in [0.29, 0.717) is 12.1 Å². The molecule has 0 atom stereocenters. The predicted octanol–water partition coefficient (Wildman–Crippen LogP) is 3.90. The molecule has 17 heavy (non-hydrogen) atoms. The number of hydrogen-bond donors (Lipinski definition) is 1. The number of aromatic nitrogens is 1. The highest BCUT2D eigenvalue weighted by atomic mass is 79.9. The SMILES string of the molecule is Cc1cnc(NCc2ccccc2F)c(Br)c1. The fourth-order valence-corrected chi connectivity index (χ4v) is 2.09. The summed E-state index contributed by atoms with van der Waals surface area (Å²) in [6, 6.07) is 8.67. The lowest BCUT2D eigenvalue weighted by atomic mass is 10.2. The molecular weight excluding hydrogens is 283 g/mol. The maximum atomic E-state index is 13.4. The second-order valence-electron chi connectivity index (χ2n) is 3.79. The molecule has 0 radical (unpaired) electrons. The highest BCUT2D eigenvalue weighted by Crippen LogP contribution is 2.21. The van der Waals surface area contributed by atoms with Gasteiger partial charge in [-0.15, -0.1) is 0 Å². The van der Waals surface area contributed by atoms with Crippen LogP contribution in [0.3, 0.4) is 0 Å². The summed E-state index contributed by atoms with van der Waals surface area (Å²) in [5.74, 6) is 0.516. The van der Waals surface area contributed by atoms with Gasteiger partial charge in [0.05, 0.1) is 4.47 Å². The summed E-state index contributed by atoms with van der Waals surface area (Å²) in [6.45, 7) is 2.39. The number of rotatable bonds is 3. The van der Waals surface area contributed by atoms with E-state index >= 15 is 0 Å². The number of hydrogen-bond acceptors (Lipinski definition) is 2. The van der Waals surface area contributed by atoms with Gasteiger partial charge in [0, 0.05) is 18.3 Å². The van der Waals surface area contributed by atoms with Crippen molar-refractivity contribution in [2.75, 3.05) is 5.32 Å². The van der Waals surface area contributed by atoms with E-state index in [0.717, 1.165) is 15.9 Å². The summed E-state index contributed by atoms with van der Waals surface area (Å²) >= 11 is 3.42. The van der Waals surface area contributed by atoms with Crippen molar-refractivity contribution in [1.29, 1.82) is 0 Å². The minimum Gasteiger partial charge on any atom is -0.365 e. The molecule has 0 unspecified atom stereocenters. The molecule has 0 saturated heterocycles. The highest BCUT2D eigenvalue weighted by Gasteiger charge is 2.03. The lowest BCUT2D eigenvalue weighted by Gasteiger charge is -2.08. The third-order valence-corrected chi connectivity index (χ3v) is 2.99. The van der Waals surface area contributed by atoms with Gasteiger partial charge in [-0.25, -0.2) is 9.37 Å². The molecule has 2 aromatic rings. The van der Waals surface area contributed by atoms with Crippen LogP contribution >= 0.6 is 15.9 Å². The van der Waals surface area contributed by atoms with Gasteiger partial charge in [-0.2, -0.15) is 0 Å². The zero-order valence-electron chi connectivity index (χ0n) is 9.37. The van der Waals surface area contributed by atoms with Crippen molar-refractivity contribution in [2.24, 2.45) is 0 Å². The van der Waals surface area contributed by atoms with E-state index in [1.165, 1.54) is 6.07 Å². The molecule has 0 aliphatic carbocycles. The Balaban J connectivity index is 2.10. The maximum absolute atomic E-state index is 13.4. The molecule has 88 valence electrons. The smallest absolute Gasteiger partial charge is 0.140 e. The Labute approximate surface area is 108 Å². The van der Waals surface area contributed by atoms with Crippen LogP contribution in [0.5, 0.6) is 0 Å². The first kappa shape index (κ1) is 12.0. The summed E-state index contributed by atoms with van der Waals surface area (Å²) in [6.07, 6.45) is 1.77. The Hall–Kier alpha value is -1.42. The van der Waals surface area contributed by atoms with E-state index in [4.69, 9.17) is 0 Å². The number of aryl methyl sites for hydroxylation is 1. The van der Waals surface area contributed by atoms with Crippen molar-refractivity contribution < 1.29 is 4.39 Å². The number of pyridine rings is 1. The van der Waals surface area contributed by atoms with Gasteiger partial charge in [-0.1, -0.05) is 18.2 Å². The van der Waals surface area contributed by atoms with Gasteiger partial charge in [0.25, 0.3) is 0 Å². The Bertz CT molecular complexity index is 529. The van der Waals surface area contributed by atoms with E-state index in [-0.39, 0.29) is 5.82 Å². The molecule has 2 rings (SSSR count). The van der Waals surface area contributed by atoms with E-state index in [9.17, 15) is 4.39 Å². The van der Waals surface area contributed by atoms with Gasteiger partial charge in [-0.05, 0) is 40.5 Å². The molecule has 0 aliphatic rings. The van der Waals surface area contributed by atoms with Crippen molar-refractivity contribution >= 4 is 21.7 Å². The largest absolute Gasteiger partial charge is 0.365 e. The number of nitrogens with zero attached hydrogens (tertiary/aromatic N) is 1. The fraction of sp³-hybridized carbons (Fsp3) is 0.154. The van der Waals surface area contributed by atoms with Crippen LogP contribution in [-0.4, -0.2) is 4.98 Å². The first-order chi connectivity index (χ1) is 8.16. The van der Waals surface area contributed by atoms with Gasteiger partial charge in [0.1, 0.15) is 11.6 Å². The summed E-state index contributed by atoms with van der Waals surface area (Å²) in [4.78, 5) is 4.24. The second-order valence-corrected chi connectivity index (χ2v) is 4.64. The van der Waals surface area contributed by atoms with Crippen LogP contribution < -0.4 is 5.32 Å². The molecule has 1 N–H and O–H groups in total. The minimum absolute atomic E-state index is 0.205. The molecule has 2 nitrogen and oxygen atoms in total. The van der Waals surface area contributed by atoms with E-state index < -0.39 is 0 Å². The van der Waals surface area contributed by atoms with Gasteiger partial charge in [0.2, 0.25) is 0 Å². The van der Waals surface area contributed by atoms with Crippen molar-refractivity contribution in [2.45, 2.75) is 13.5 Å². The quantitative estimate of drug-likeness (QED) is 0.928. The van der Waals surface area contributed by atoms with Crippen molar-refractivity contribution in [3.05, 3.63) is 57.9 Å². The Morgan fingerprint density at radius 3 is 2.82 bits per heavy atom. The van der Waals surface area contributed by atoms with Gasteiger partial charge < -0.3 is 5.32 Å². The third kappa shape index (κ3) is 3.03. The van der Waals surface area contributed by atoms with Crippen molar-refractivity contribution in [3.63, 3.8) is 0 Å². The third-order valence-electron chi connectivity index (χ3n) is 2.38. The van der Waals surface area contributed by atoms with Crippen LogP contribution in [0.2, 0.25) is 0 Å². The highest BCUT2D eigenvalue weighted by molar-refractivity contribution is 9.10. The van der Waals surface area contributed by atoms with Gasteiger partial charge in [0.15, 0.2) is 0 Å². The van der Waals surface area contributed by atoms with Crippen molar-refractivity contribution in [1.82, 2.24) is 4.98 Å². The fourth-order valence-electron chi connectivity index (χ4n) is 1.48. The first-order valence-corrected chi connectivity index (χ1v) is 6.05. The summed E-state index contributed by atoms with van der Waals surface area (Å²) in [5, 5.41) is 3.10. The van der Waals surface area contributed by atoms with Crippen molar-refractivity contribution in [3.8, 4) is 0 Å². The lowest BCUT2D eigenvalue weighted by Crippen LogP contribution is -2.03. The standard InChI is InChI=1S/C13H12BrFN2/c1-9-6-11(14)13(16-7-9)17-8-10-4-2-3-5-12(10)15/h2-7H,8H2,1H3,(H,16,17). The summed E-state index contributed by atoms with van der Waals surface area (Å²) in [7, 11) is 0. The average Bonchev–Trinajstić information content (AvgIpc) is 2.30. The van der Waals surface area contributed by atoms with Crippen LogP contribution in [0, 0.1) is 12.7 Å². The Morgan fingerprint density at radius 1 is 1.35 bits per heavy atom. The molecule has 0 fully saturated rings. The normalized spacial score (nSPS) is 10.3. The molecule has 0 bridgehead atoms. The number of nitrogens with one attached hydrogen (secondary N) is 1. The summed E-state index contributed by atoms with van der Waals surface area (Å²) in [5.41, 5.74) is 1.70. The molecular formula is C13H12BrFN2. The summed E-state index contributed by atoms with van der Waals surface area (Å²) < 4.78 is 14.3. The zero-order valence-corrected chi connectivity index (χ0v) is 11.0. The molecule has 1 heterocycles. The van der Waals surface area contributed by atoms with Crippen LogP contribution in [0.4, 0.5) is 10.2 Å². The van der Waals surface area contributed by atoms with Crippen LogP contribution in [0.1, 0.15) is 11.1 Å².